The predicted octanol–water partition coefficient (Wildman–Crippen LogP) is 1.61. The summed E-state index contributed by atoms with van der Waals surface area (Å²) in [6, 6.07) is 2.85. The molecule has 1 aromatic heterocycles. The monoisotopic (exact) mass is 398 g/mol. The molecule has 0 saturated carbocycles. The SMILES string of the molecule is Cc1c2c(cc3c4c(c(=O)oc13)CCC4)C[NH+](C1CC(C)(C)[NH2+]C(C)(C)C1)CO2. The number of hydrogen-bond donors (Lipinski definition) is 2. The highest BCUT2D eigenvalue weighted by Crippen LogP contribution is 2.36. The van der Waals surface area contributed by atoms with Gasteiger partial charge in [-0.1, -0.05) is 0 Å². The van der Waals surface area contributed by atoms with Gasteiger partial charge in [-0.25, -0.2) is 4.79 Å². The Morgan fingerprint density at radius 3 is 2.52 bits per heavy atom. The average molecular weight is 399 g/mol. The van der Waals surface area contributed by atoms with Gasteiger partial charge in [0.15, 0.2) is 0 Å². The fourth-order valence-corrected chi connectivity index (χ4v) is 6.49. The highest BCUT2D eigenvalue weighted by atomic mass is 16.5. The second-order valence-corrected chi connectivity index (χ2v) is 10.9. The van der Waals surface area contributed by atoms with E-state index in [-0.39, 0.29) is 16.7 Å². The molecule has 2 aliphatic heterocycles. The summed E-state index contributed by atoms with van der Waals surface area (Å²) in [4.78, 5) is 13.9. The zero-order valence-electron chi connectivity index (χ0n) is 18.4. The Labute approximate surface area is 172 Å². The number of quaternary nitrogens is 2. The van der Waals surface area contributed by atoms with Crippen molar-refractivity contribution >= 4 is 11.0 Å². The zero-order chi connectivity index (χ0) is 20.6. The number of hydrogen-bond acceptors (Lipinski definition) is 3. The van der Waals surface area contributed by atoms with Crippen LogP contribution < -0.4 is 20.6 Å². The van der Waals surface area contributed by atoms with Crippen LogP contribution >= 0.6 is 0 Å². The van der Waals surface area contributed by atoms with Crippen molar-refractivity contribution in [3.8, 4) is 5.75 Å². The molecule has 1 atom stereocenters. The molecule has 3 N–H and O–H groups in total. The van der Waals surface area contributed by atoms with Gasteiger partial charge in [-0.05, 0) is 65.5 Å². The molecule has 5 nitrogen and oxygen atoms in total. The summed E-state index contributed by atoms with van der Waals surface area (Å²) in [5.41, 5.74) is 5.44. The summed E-state index contributed by atoms with van der Waals surface area (Å²) < 4.78 is 12.1. The van der Waals surface area contributed by atoms with Crippen molar-refractivity contribution in [3.05, 3.63) is 38.7 Å². The molecule has 5 heteroatoms. The van der Waals surface area contributed by atoms with Crippen molar-refractivity contribution in [2.24, 2.45) is 0 Å². The quantitative estimate of drug-likeness (QED) is 0.718. The van der Waals surface area contributed by atoms with E-state index in [9.17, 15) is 4.79 Å². The van der Waals surface area contributed by atoms with E-state index in [0.717, 1.165) is 53.7 Å². The van der Waals surface area contributed by atoms with Gasteiger partial charge >= 0.3 is 5.63 Å². The average Bonchev–Trinajstić information content (AvgIpc) is 3.11. The van der Waals surface area contributed by atoms with E-state index in [1.165, 1.54) is 28.9 Å². The molecule has 156 valence electrons. The minimum Gasteiger partial charge on any atom is -0.444 e. The van der Waals surface area contributed by atoms with Crippen LogP contribution in [0.25, 0.3) is 11.0 Å². The lowest BCUT2D eigenvalue weighted by Gasteiger charge is -2.45. The number of aryl methyl sites for hydroxylation is 2. The highest BCUT2D eigenvalue weighted by molar-refractivity contribution is 5.87. The van der Waals surface area contributed by atoms with Gasteiger partial charge in [0.2, 0.25) is 6.73 Å². The topological polar surface area (TPSA) is 60.5 Å². The minimum absolute atomic E-state index is 0.154. The second-order valence-electron chi connectivity index (χ2n) is 10.9. The number of nitrogens with two attached hydrogens (primary N) is 1. The van der Waals surface area contributed by atoms with Gasteiger partial charge in [-0.2, -0.15) is 0 Å². The van der Waals surface area contributed by atoms with Crippen molar-refractivity contribution in [2.75, 3.05) is 6.73 Å². The normalized spacial score (nSPS) is 25.5. The Bertz CT molecular complexity index is 1030. The Kier molecular flexibility index (Phi) is 4.17. The van der Waals surface area contributed by atoms with Crippen LogP contribution in [0.4, 0.5) is 0 Å². The van der Waals surface area contributed by atoms with Gasteiger partial charge in [-0.3, -0.25) is 4.90 Å². The van der Waals surface area contributed by atoms with Gasteiger partial charge in [0, 0.05) is 22.1 Å². The molecular formula is C24H34N2O3+2. The lowest BCUT2D eigenvalue weighted by Crippen LogP contribution is -3.20. The summed E-state index contributed by atoms with van der Waals surface area (Å²) in [7, 11) is 0. The fourth-order valence-electron chi connectivity index (χ4n) is 6.49. The van der Waals surface area contributed by atoms with Crippen LogP contribution in [0.1, 0.15) is 69.2 Å². The first-order chi connectivity index (χ1) is 13.6. The number of rotatable bonds is 1. The Morgan fingerprint density at radius 1 is 1.10 bits per heavy atom. The second kappa shape index (κ2) is 6.32. The molecule has 0 spiro atoms. The van der Waals surface area contributed by atoms with E-state index in [1.54, 1.807) is 0 Å². The highest BCUT2D eigenvalue weighted by Gasteiger charge is 2.46. The van der Waals surface area contributed by atoms with E-state index in [0.29, 0.717) is 12.8 Å². The molecule has 5 rings (SSSR count). The number of benzene rings is 1. The van der Waals surface area contributed by atoms with E-state index >= 15 is 0 Å². The standard InChI is InChI=1S/C24H32N2O3/c1-14-20-15(9-19-17-7-6-8-18(17)22(27)29-21(14)19)12-26(13-28-20)16-10-23(2,3)25-24(4,5)11-16/h9,16,25H,6-8,10-13H2,1-5H3/p+2. The summed E-state index contributed by atoms with van der Waals surface area (Å²) in [5, 5.41) is 3.67. The van der Waals surface area contributed by atoms with Crippen molar-refractivity contribution in [3.63, 3.8) is 0 Å². The molecule has 1 aliphatic carbocycles. The Balaban J connectivity index is 1.54. The van der Waals surface area contributed by atoms with Crippen LogP contribution in [-0.2, 0) is 19.4 Å². The third-order valence-electron chi connectivity index (χ3n) is 7.24. The molecule has 0 bridgehead atoms. The van der Waals surface area contributed by atoms with E-state index in [4.69, 9.17) is 9.15 Å². The van der Waals surface area contributed by atoms with Gasteiger partial charge in [0.1, 0.15) is 23.9 Å². The Hall–Kier alpha value is -1.85. The fraction of sp³-hybridized carbons (Fsp3) is 0.625. The smallest absolute Gasteiger partial charge is 0.339 e. The summed E-state index contributed by atoms with van der Waals surface area (Å²) in [5.74, 6) is 0.934. The number of piperidine rings is 1. The van der Waals surface area contributed by atoms with Crippen molar-refractivity contribution in [1.82, 2.24) is 0 Å². The summed E-state index contributed by atoms with van der Waals surface area (Å²) in [6.45, 7) is 13.2. The molecule has 2 aromatic rings. The molecule has 1 aromatic carbocycles. The van der Waals surface area contributed by atoms with Crippen molar-refractivity contribution < 1.29 is 19.4 Å². The number of nitrogens with one attached hydrogen (secondary N) is 1. The van der Waals surface area contributed by atoms with Crippen LogP contribution in [0.15, 0.2) is 15.3 Å². The molecule has 3 aliphatic rings. The lowest BCUT2D eigenvalue weighted by molar-refractivity contribution is -0.969. The van der Waals surface area contributed by atoms with Crippen LogP contribution in [0, 0.1) is 6.92 Å². The molecule has 1 fully saturated rings. The van der Waals surface area contributed by atoms with Crippen LogP contribution in [0.3, 0.4) is 0 Å². The van der Waals surface area contributed by atoms with Crippen LogP contribution in [0.5, 0.6) is 5.75 Å². The van der Waals surface area contributed by atoms with Crippen molar-refractivity contribution in [1.29, 1.82) is 0 Å². The van der Waals surface area contributed by atoms with Crippen LogP contribution in [-0.4, -0.2) is 23.9 Å². The zero-order valence-corrected chi connectivity index (χ0v) is 18.4. The van der Waals surface area contributed by atoms with E-state index < -0.39 is 0 Å². The maximum atomic E-state index is 12.4. The molecule has 3 heterocycles. The largest absolute Gasteiger partial charge is 0.444 e. The van der Waals surface area contributed by atoms with Gasteiger partial charge in [-0.15, -0.1) is 0 Å². The first-order valence-corrected chi connectivity index (χ1v) is 11.1. The molecule has 0 radical (unpaired) electrons. The van der Waals surface area contributed by atoms with Gasteiger partial charge in [0.25, 0.3) is 0 Å². The summed E-state index contributed by atoms with van der Waals surface area (Å²) >= 11 is 0. The first kappa shape index (κ1) is 19.1. The third kappa shape index (κ3) is 3.19. The molecular weight excluding hydrogens is 364 g/mol. The Morgan fingerprint density at radius 2 is 1.79 bits per heavy atom. The van der Waals surface area contributed by atoms with Gasteiger partial charge < -0.3 is 14.5 Å². The first-order valence-electron chi connectivity index (χ1n) is 11.1. The number of fused-ring (bicyclic) bond motifs is 4. The predicted molar refractivity (Wildman–Crippen MR) is 113 cm³/mol. The third-order valence-corrected chi connectivity index (χ3v) is 7.24. The van der Waals surface area contributed by atoms with Crippen LogP contribution in [0.2, 0.25) is 0 Å². The minimum atomic E-state index is -0.154. The maximum Gasteiger partial charge on any atom is 0.339 e. The summed E-state index contributed by atoms with van der Waals surface area (Å²) in [6.07, 6.45) is 5.27. The molecule has 1 saturated heterocycles. The van der Waals surface area contributed by atoms with E-state index in [1.807, 2.05) is 6.92 Å². The lowest BCUT2D eigenvalue weighted by atomic mass is 9.79. The maximum absolute atomic E-state index is 12.4. The molecule has 29 heavy (non-hydrogen) atoms. The number of ether oxygens (including phenoxy) is 1. The molecule has 1 unspecified atom stereocenters. The van der Waals surface area contributed by atoms with E-state index in [2.05, 4.69) is 39.1 Å². The van der Waals surface area contributed by atoms with Gasteiger partial charge in [0.05, 0.1) is 23.9 Å². The molecule has 0 amide bonds. The van der Waals surface area contributed by atoms with Crippen molar-refractivity contribution in [2.45, 2.75) is 90.4 Å².